The molecule has 50 heavy (non-hydrogen) atoms. The zero-order valence-corrected chi connectivity index (χ0v) is 29.6. The van der Waals surface area contributed by atoms with Crippen molar-refractivity contribution in [2.75, 3.05) is 25.6 Å². The molecule has 0 saturated carbocycles. The van der Waals surface area contributed by atoms with Crippen LogP contribution in [0.2, 0.25) is 0 Å². The number of aryl methyl sites for hydroxylation is 1. The maximum Gasteiger partial charge on any atom is 0.407 e. The number of benzene rings is 2. The van der Waals surface area contributed by atoms with Gasteiger partial charge in [0, 0.05) is 46.6 Å². The van der Waals surface area contributed by atoms with Crippen LogP contribution < -0.4 is 20.7 Å². The highest BCUT2D eigenvalue weighted by Crippen LogP contribution is 2.43. The molecule has 3 heterocycles. The monoisotopic (exact) mass is 702 g/mol. The second-order valence-corrected chi connectivity index (χ2v) is 13.6. The highest BCUT2D eigenvalue weighted by Gasteiger charge is 2.28. The highest BCUT2D eigenvalue weighted by molar-refractivity contribution is 7.13. The lowest BCUT2D eigenvalue weighted by Crippen LogP contribution is -2.32. The second-order valence-electron chi connectivity index (χ2n) is 12.7. The van der Waals surface area contributed by atoms with Crippen LogP contribution in [-0.4, -0.2) is 54.7 Å². The number of halogens is 1. The van der Waals surface area contributed by atoms with Crippen LogP contribution in [0.1, 0.15) is 82.1 Å². The number of pyridine rings is 1. The van der Waals surface area contributed by atoms with Gasteiger partial charge >= 0.3 is 12.1 Å². The Labute approximate surface area is 293 Å². The molecule has 11 nitrogen and oxygen atoms in total. The predicted octanol–water partition coefficient (Wildman–Crippen LogP) is 7.06. The van der Waals surface area contributed by atoms with Gasteiger partial charge in [-0.2, -0.15) is 0 Å². The van der Waals surface area contributed by atoms with E-state index in [1.807, 2.05) is 18.4 Å². The molecule has 0 fully saturated rings. The number of esters is 1. The molecule has 5 rings (SSSR count). The summed E-state index contributed by atoms with van der Waals surface area (Å²) < 4.78 is 32.0. The molecule has 2 aromatic heterocycles. The van der Waals surface area contributed by atoms with Crippen molar-refractivity contribution in [3.8, 4) is 27.3 Å². The van der Waals surface area contributed by atoms with E-state index in [1.54, 1.807) is 45.9 Å². The van der Waals surface area contributed by atoms with E-state index in [9.17, 15) is 19.2 Å². The van der Waals surface area contributed by atoms with Crippen LogP contribution in [0.25, 0.3) is 21.6 Å². The molecule has 262 valence electrons. The molecule has 4 aromatic rings. The molecular formula is C37H39FN4O7S. The summed E-state index contributed by atoms with van der Waals surface area (Å²) in [6.45, 7) is 9.59. The van der Waals surface area contributed by atoms with E-state index in [2.05, 4.69) is 20.9 Å². The first-order valence-corrected chi connectivity index (χ1v) is 17.0. The van der Waals surface area contributed by atoms with E-state index in [1.165, 1.54) is 36.6 Å². The Morgan fingerprint density at radius 2 is 1.78 bits per heavy atom. The molecule has 0 saturated heterocycles. The summed E-state index contributed by atoms with van der Waals surface area (Å²) in [6.07, 6.45) is 0.719. The van der Waals surface area contributed by atoms with E-state index >= 15 is 4.39 Å². The number of hydrogen-bond acceptors (Lipinski definition) is 9. The lowest BCUT2D eigenvalue weighted by molar-refractivity contribution is 0.0521. The summed E-state index contributed by atoms with van der Waals surface area (Å²) in [5.74, 6) is -2.16. The van der Waals surface area contributed by atoms with E-state index in [-0.39, 0.29) is 40.3 Å². The lowest BCUT2D eigenvalue weighted by Gasteiger charge is -2.20. The number of rotatable bonds is 9. The number of carbonyl (C=O) groups excluding carboxylic acids is 4. The fraction of sp³-hybridized carbons (Fsp3) is 0.324. The van der Waals surface area contributed by atoms with Crippen molar-refractivity contribution in [2.24, 2.45) is 0 Å². The number of aromatic nitrogens is 1. The Hall–Kier alpha value is -5.30. The normalized spacial score (nSPS) is 12.1. The molecule has 0 bridgehead atoms. The molecule has 13 heteroatoms. The number of hydrogen-bond donors (Lipinski definition) is 3. The van der Waals surface area contributed by atoms with Gasteiger partial charge in [0.2, 0.25) is 0 Å². The molecular weight excluding hydrogens is 663 g/mol. The molecule has 0 radical (unpaired) electrons. The van der Waals surface area contributed by atoms with Crippen LogP contribution in [0.15, 0.2) is 47.8 Å². The minimum Gasteiger partial charge on any atom is -0.493 e. The molecule has 2 aromatic carbocycles. The standard InChI is InChI=1S/C37H39FN4O7S/c1-7-12-39-34(44)28-9-8-23(31(41-28)35(45)47-6)24-18-29-26(32-22(10-13-48-29)11-14-50-32)17-25(24)33(43)42-30-20(2)15-21(16-27(30)38)19-40-36(46)49-37(3,4)5/h8-9,11,14-18H,7,10,12-13,19H2,1-6H3,(H,39,44)(H,40,46)(H,42,43). The highest BCUT2D eigenvalue weighted by atomic mass is 32.1. The van der Waals surface area contributed by atoms with Gasteiger partial charge in [-0.25, -0.2) is 19.0 Å². The number of nitrogens with one attached hydrogen (secondary N) is 3. The smallest absolute Gasteiger partial charge is 0.407 e. The largest absolute Gasteiger partial charge is 0.493 e. The Bertz CT molecular complexity index is 1940. The summed E-state index contributed by atoms with van der Waals surface area (Å²) in [4.78, 5) is 57.5. The first kappa shape index (κ1) is 36.0. The number of thiophene rings is 1. The number of fused-ring (bicyclic) bond motifs is 3. The summed E-state index contributed by atoms with van der Waals surface area (Å²) >= 11 is 1.51. The van der Waals surface area contributed by atoms with Crippen molar-refractivity contribution < 1.29 is 37.8 Å². The Kier molecular flexibility index (Phi) is 10.9. The molecule has 0 atom stereocenters. The van der Waals surface area contributed by atoms with Crippen molar-refractivity contribution in [2.45, 2.75) is 59.6 Å². The number of carbonyl (C=O) groups is 4. The number of methoxy groups -OCH3 is 1. The zero-order chi connectivity index (χ0) is 36.2. The fourth-order valence-corrected chi connectivity index (χ4v) is 6.43. The molecule has 1 aliphatic rings. The SMILES string of the molecule is CCCNC(=O)c1ccc(-c2cc3c(cc2C(=O)Nc2c(C)cc(CNC(=O)OC(C)(C)C)cc2F)-c2sccc2CCO3)c(C(=O)OC)n1. The summed E-state index contributed by atoms with van der Waals surface area (Å²) in [7, 11) is 1.20. The van der Waals surface area contributed by atoms with Crippen LogP contribution >= 0.6 is 11.3 Å². The topological polar surface area (TPSA) is 145 Å². The van der Waals surface area contributed by atoms with E-state index < -0.39 is 35.3 Å². The van der Waals surface area contributed by atoms with Crippen LogP contribution in [0.5, 0.6) is 5.75 Å². The van der Waals surface area contributed by atoms with Gasteiger partial charge in [-0.15, -0.1) is 11.3 Å². The molecule has 1 aliphatic heterocycles. The van der Waals surface area contributed by atoms with Crippen LogP contribution in [0.3, 0.4) is 0 Å². The lowest BCUT2D eigenvalue weighted by atomic mass is 9.93. The number of alkyl carbamates (subject to hydrolysis) is 1. The minimum absolute atomic E-state index is 0.00165. The molecule has 3 amide bonds. The molecule has 3 N–H and O–H groups in total. The van der Waals surface area contributed by atoms with Crippen LogP contribution in [0, 0.1) is 12.7 Å². The maximum atomic E-state index is 15.6. The number of anilines is 1. The van der Waals surface area contributed by atoms with Gasteiger partial charge in [0.25, 0.3) is 11.8 Å². The Morgan fingerprint density at radius 3 is 2.48 bits per heavy atom. The summed E-state index contributed by atoms with van der Waals surface area (Å²) in [5, 5.41) is 10.0. The summed E-state index contributed by atoms with van der Waals surface area (Å²) in [6, 6.07) is 11.2. The van der Waals surface area contributed by atoms with Crippen molar-refractivity contribution in [1.29, 1.82) is 0 Å². The first-order valence-electron chi connectivity index (χ1n) is 16.1. The van der Waals surface area contributed by atoms with E-state index in [4.69, 9.17) is 14.2 Å². The fourth-order valence-electron chi connectivity index (χ4n) is 5.46. The van der Waals surface area contributed by atoms with Gasteiger partial charge in [-0.1, -0.05) is 13.0 Å². The van der Waals surface area contributed by atoms with Gasteiger partial charge in [0.1, 0.15) is 22.9 Å². The molecule has 0 aliphatic carbocycles. The maximum absolute atomic E-state index is 15.6. The van der Waals surface area contributed by atoms with E-state index in [0.29, 0.717) is 48.4 Å². The third-order valence-electron chi connectivity index (χ3n) is 7.74. The van der Waals surface area contributed by atoms with Gasteiger partial charge in [-0.3, -0.25) is 9.59 Å². The molecule has 0 unspecified atom stereocenters. The minimum atomic E-state index is -0.814. The number of ether oxygens (including phenoxy) is 3. The zero-order valence-electron chi connectivity index (χ0n) is 28.7. The average Bonchev–Trinajstić information content (AvgIpc) is 3.47. The van der Waals surface area contributed by atoms with Crippen molar-refractivity contribution in [3.05, 3.63) is 87.3 Å². The number of nitrogens with zero attached hydrogens (tertiary/aromatic N) is 1. The number of amides is 3. The van der Waals surface area contributed by atoms with Crippen molar-refractivity contribution >= 4 is 40.9 Å². The van der Waals surface area contributed by atoms with Crippen LogP contribution in [0.4, 0.5) is 14.9 Å². The first-order chi connectivity index (χ1) is 23.8. The van der Waals surface area contributed by atoms with Crippen molar-refractivity contribution in [3.63, 3.8) is 0 Å². The van der Waals surface area contributed by atoms with E-state index in [0.717, 1.165) is 10.4 Å². The van der Waals surface area contributed by atoms with Gasteiger partial charge in [-0.05, 0) is 92.6 Å². The summed E-state index contributed by atoms with van der Waals surface area (Å²) in [5.41, 5.74) is 2.29. The van der Waals surface area contributed by atoms with Crippen LogP contribution in [-0.2, 0) is 22.4 Å². The Balaban J connectivity index is 1.57. The average molecular weight is 703 g/mol. The quantitative estimate of drug-likeness (QED) is 0.157. The van der Waals surface area contributed by atoms with Gasteiger partial charge in [0.05, 0.1) is 19.4 Å². The van der Waals surface area contributed by atoms with Gasteiger partial charge in [0.15, 0.2) is 5.69 Å². The third kappa shape index (κ3) is 8.11. The third-order valence-corrected chi connectivity index (χ3v) is 8.73. The van der Waals surface area contributed by atoms with Crippen molar-refractivity contribution in [1.82, 2.24) is 15.6 Å². The molecule has 0 spiro atoms. The second kappa shape index (κ2) is 15.1. The Morgan fingerprint density at radius 1 is 1.00 bits per heavy atom. The predicted molar refractivity (Wildman–Crippen MR) is 188 cm³/mol. The van der Waals surface area contributed by atoms with Gasteiger partial charge < -0.3 is 30.2 Å².